The average molecular weight is 455 g/mol. The number of aliphatic hydroxyl groups excluding tert-OH is 1. The molecule has 4 rings (SSSR count). The molecule has 1 atom stereocenters. The Labute approximate surface area is 200 Å². The highest BCUT2D eigenvalue weighted by Crippen LogP contribution is 2.13. The van der Waals surface area contributed by atoms with Crippen molar-refractivity contribution in [1.82, 2.24) is 14.9 Å². The molecule has 0 saturated heterocycles. The first kappa shape index (κ1) is 23.4. The van der Waals surface area contributed by atoms with Gasteiger partial charge in [0.05, 0.1) is 12.5 Å². The number of imidazole rings is 1. The van der Waals surface area contributed by atoms with Crippen LogP contribution in [0.5, 0.6) is 0 Å². The number of nitrogens with one attached hydrogen (secondary N) is 2. The molecule has 3 N–H and O–H groups in total. The van der Waals surface area contributed by atoms with Crippen LogP contribution in [0.15, 0.2) is 97.3 Å². The van der Waals surface area contributed by atoms with Crippen molar-refractivity contribution in [1.29, 1.82) is 0 Å². The molecule has 4 aromatic rings. The molecule has 0 bridgehead atoms. The van der Waals surface area contributed by atoms with E-state index in [2.05, 4.69) is 27.8 Å². The third-order valence-electron chi connectivity index (χ3n) is 5.67. The van der Waals surface area contributed by atoms with E-state index in [1.807, 2.05) is 83.6 Å². The number of aliphatic hydroxyl groups is 1. The van der Waals surface area contributed by atoms with Gasteiger partial charge in [-0.05, 0) is 41.8 Å². The third kappa shape index (κ3) is 6.88. The Morgan fingerprint density at radius 3 is 2.35 bits per heavy atom. The SMILES string of the molecule is O=C(Cc1nccn1Cc1ccccc1)Nc1ccc(CCNCC(O)c2ccccc2)cc1. The minimum atomic E-state index is -0.512. The number of aromatic nitrogens is 2. The standard InChI is InChI=1S/C28H30N4O2/c33-26(24-9-5-2-6-10-24)20-29-16-15-22-11-13-25(14-12-22)31-28(34)19-27-30-17-18-32(27)21-23-7-3-1-4-8-23/h1-14,17-18,26,29,33H,15-16,19-21H2,(H,31,34). The van der Waals surface area contributed by atoms with Gasteiger partial charge < -0.3 is 20.3 Å². The van der Waals surface area contributed by atoms with Crippen molar-refractivity contribution in [2.75, 3.05) is 18.4 Å². The van der Waals surface area contributed by atoms with Gasteiger partial charge in [0.2, 0.25) is 5.91 Å². The summed E-state index contributed by atoms with van der Waals surface area (Å²) in [5, 5.41) is 16.5. The van der Waals surface area contributed by atoms with Crippen LogP contribution < -0.4 is 10.6 Å². The summed E-state index contributed by atoms with van der Waals surface area (Å²) in [4.78, 5) is 16.9. The molecule has 6 heteroatoms. The molecule has 1 heterocycles. The minimum absolute atomic E-state index is 0.0928. The first-order chi connectivity index (χ1) is 16.7. The lowest BCUT2D eigenvalue weighted by molar-refractivity contribution is -0.115. The Morgan fingerprint density at radius 1 is 0.912 bits per heavy atom. The molecular formula is C28H30N4O2. The van der Waals surface area contributed by atoms with E-state index in [-0.39, 0.29) is 12.3 Å². The van der Waals surface area contributed by atoms with Crippen molar-refractivity contribution in [2.45, 2.75) is 25.5 Å². The van der Waals surface area contributed by atoms with E-state index in [1.54, 1.807) is 6.20 Å². The van der Waals surface area contributed by atoms with Crippen molar-refractivity contribution >= 4 is 11.6 Å². The number of carbonyl (C=O) groups excluding carboxylic acids is 1. The monoisotopic (exact) mass is 454 g/mol. The number of hydrogen-bond donors (Lipinski definition) is 3. The fourth-order valence-corrected chi connectivity index (χ4v) is 3.80. The van der Waals surface area contributed by atoms with Crippen molar-refractivity contribution in [2.24, 2.45) is 0 Å². The molecule has 3 aromatic carbocycles. The quantitative estimate of drug-likeness (QED) is 0.300. The lowest BCUT2D eigenvalue weighted by Crippen LogP contribution is -2.23. The second-order valence-electron chi connectivity index (χ2n) is 8.26. The van der Waals surface area contributed by atoms with Gasteiger partial charge in [-0.2, -0.15) is 0 Å². The normalized spacial score (nSPS) is 11.8. The number of anilines is 1. The number of carbonyl (C=O) groups is 1. The number of nitrogens with zero attached hydrogens (tertiary/aromatic N) is 2. The fraction of sp³-hybridized carbons (Fsp3) is 0.214. The zero-order chi connectivity index (χ0) is 23.6. The Kier molecular flexibility index (Phi) is 8.22. The highest BCUT2D eigenvalue weighted by molar-refractivity contribution is 5.91. The second kappa shape index (κ2) is 11.9. The summed E-state index contributed by atoms with van der Waals surface area (Å²) in [6.07, 6.45) is 4.17. The van der Waals surface area contributed by atoms with Crippen LogP contribution in [0.4, 0.5) is 5.69 Å². The molecule has 0 aliphatic heterocycles. The summed E-state index contributed by atoms with van der Waals surface area (Å²) in [5.41, 5.74) is 4.01. The predicted octanol–water partition coefficient (Wildman–Crippen LogP) is 3.98. The van der Waals surface area contributed by atoms with Crippen LogP contribution in [0.3, 0.4) is 0 Å². The first-order valence-electron chi connectivity index (χ1n) is 11.5. The van der Waals surface area contributed by atoms with Crippen molar-refractivity contribution in [3.63, 3.8) is 0 Å². The lowest BCUT2D eigenvalue weighted by Gasteiger charge is -2.12. The first-order valence-corrected chi connectivity index (χ1v) is 11.5. The van der Waals surface area contributed by atoms with Crippen LogP contribution in [0, 0.1) is 0 Å². The Morgan fingerprint density at radius 2 is 1.62 bits per heavy atom. The smallest absolute Gasteiger partial charge is 0.231 e. The van der Waals surface area contributed by atoms with E-state index in [9.17, 15) is 9.90 Å². The van der Waals surface area contributed by atoms with Crippen LogP contribution >= 0.6 is 0 Å². The van der Waals surface area contributed by atoms with Crippen molar-refractivity contribution in [3.05, 3.63) is 120 Å². The van der Waals surface area contributed by atoms with Gasteiger partial charge in [-0.15, -0.1) is 0 Å². The van der Waals surface area contributed by atoms with Gasteiger partial charge >= 0.3 is 0 Å². The lowest BCUT2D eigenvalue weighted by atomic mass is 10.1. The van der Waals surface area contributed by atoms with Crippen LogP contribution in [0.1, 0.15) is 28.6 Å². The minimum Gasteiger partial charge on any atom is -0.387 e. The molecule has 1 aromatic heterocycles. The Bertz CT molecular complexity index is 1160. The molecule has 0 radical (unpaired) electrons. The molecule has 174 valence electrons. The van der Waals surface area contributed by atoms with Gasteiger partial charge in [-0.1, -0.05) is 72.8 Å². The Balaban J connectivity index is 1.21. The second-order valence-corrected chi connectivity index (χ2v) is 8.26. The summed E-state index contributed by atoms with van der Waals surface area (Å²) in [6.45, 7) is 1.96. The molecule has 6 nitrogen and oxygen atoms in total. The molecule has 1 unspecified atom stereocenters. The highest BCUT2D eigenvalue weighted by Gasteiger charge is 2.10. The van der Waals surface area contributed by atoms with Gasteiger partial charge in [0.15, 0.2) is 0 Å². The molecule has 0 fully saturated rings. The zero-order valence-corrected chi connectivity index (χ0v) is 19.1. The van der Waals surface area contributed by atoms with E-state index in [0.717, 1.165) is 35.6 Å². The van der Waals surface area contributed by atoms with Crippen molar-refractivity contribution < 1.29 is 9.90 Å². The van der Waals surface area contributed by atoms with E-state index < -0.39 is 6.10 Å². The number of amides is 1. The summed E-state index contributed by atoms with van der Waals surface area (Å²) in [7, 11) is 0. The zero-order valence-electron chi connectivity index (χ0n) is 19.1. The van der Waals surface area contributed by atoms with Gasteiger partial charge in [-0.25, -0.2) is 4.98 Å². The van der Waals surface area contributed by atoms with Gasteiger partial charge in [0.1, 0.15) is 5.82 Å². The van der Waals surface area contributed by atoms with Crippen LogP contribution in [0.25, 0.3) is 0 Å². The average Bonchev–Trinajstić information content (AvgIpc) is 3.30. The van der Waals surface area contributed by atoms with Crippen LogP contribution in [-0.2, 0) is 24.2 Å². The molecule has 0 saturated carbocycles. The third-order valence-corrected chi connectivity index (χ3v) is 5.67. The summed E-state index contributed by atoms with van der Waals surface area (Å²) < 4.78 is 2.00. The predicted molar refractivity (Wildman–Crippen MR) is 135 cm³/mol. The van der Waals surface area contributed by atoms with Crippen molar-refractivity contribution in [3.8, 4) is 0 Å². The molecule has 34 heavy (non-hydrogen) atoms. The number of benzene rings is 3. The topological polar surface area (TPSA) is 79.2 Å². The maximum Gasteiger partial charge on any atom is 0.231 e. The maximum absolute atomic E-state index is 12.6. The van der Waals surface area contributed by atoms with E-state index >= 15 is 0 Å². The molecule has 0 aliphatic rings. The van der Waals surface area contributed by atoms with Gasteiger partial charge in [0.25, 0.3) is 0 Å². The molecule has 0 aliphatic carbocycles. The fourth-order valence-electron chi connectivity index (χ4n) is 3.80. The maximum atomic E-state index is 12.6. The van der Waals surface area contributed by atoms with E-state index in [0.29, 0.717) is 13.1 Å². The summed E-state index contributed by atoms with van der Waals surface area (Å²) >= 11 is 0. The van der Waals surface area contributed by atoms with Crippen LogP contribution in [0.2, 0.25) is 0 Å². The summed E-state index contributed by atoms with van der Waals surface area (Å²) in [6, 6.07) is 27.6. The Hall–Kier alpha value is -3.74. The molecular weight excluding hydrogens is 424 g/mol. The number of hydrogen-bond acceptors (Lipinski definition) is 4. The molecule has 1 amide bonds. The van der Waals surface area contributed by atoms with Gasteiger partial charge in [-0.3, -0.25) is 4.79 Å². The van der Waals surface area contributed by atoms with E-state index in [4.69, 9.17) is 0 Å². The number of rotatable bonds is 11. The van der Waals surface area contributed by atoms with Crippen LogP contribution in [-0.4, -0.2) is 33.7 Å². The molecule has 0 spiro atoms. The summed E-state index contributed by atoms with van der Waals surface area (Å²) in [5.74, 6) is 0.645. The largest absolute Gasteiger partial charge is 0.387 e. The van der Waals surface area contributed by atoms with Gasteiger partial charge in [0, 0.05) is 31.2 Å². The highest BCUT2D eigenvalue weighted by atomic mass is 16.3. The van der Waals surface area contributed by atoms with E-state index in [1.165, 1.54) is 5.56 Å².